The zero-order chi connectivity index (χ0) is 37.9. The Morgan fingerprint density at radius 3 is 2.38 bits per heavy atom. The number of methoxy groups -OCH3 is 1. The smallest absolute Gasteiger partial charge is 0.421 e. The van der Waals surface area contributed by atoms with E-state index in [0.29, 0.717) is 34.7 Å². The molecule has 3 aliphatic rings. The Hall–Kier alpha value is -4.15. The van der Waals surface area contributed by atoms with Crippen LogP contribution in [-0.4, -0.2) is 99.3 Å². The van der Waals surface area contributed by atoms with Gasteiger partial charge in [-0.2, -0.15) is 18.2 Å². The fourth-order valence-electron chi connectivity index (χ4n) is 7.15. The molecule has 3 fully saturated rings. The van der Waals surface area contributed by atoms with Crippen molar-refractivity contribution in [1.82, 2.24) is 25.1 Å². The van der Waals surface area contributed by atoms with Crippen LogP contribution in [0.2, 0.25) is 0 Å². The molecular formula is C37H49F3N8O4S. The number of aromatic nitrogens is 2. The SMILES string of the molecule is COc1cc(C(=O)N[C@H]2CC[C@H](N3CCN(CC4CC4)CC3)CC2)ccc1Nc1ncc(C(F)(F)F)c(NCc2ccc(C)cc2N(C)S(C)(=O)=O)n1. The predicted molar refractivity (Wildman–Crippen MR) is 199 cm³/mol. The molecule has 0 unspecified atom stereocenters. The standard InChI is InChI=1S/C37H49F3N8O4S/c1-24-5-8-27(32(19-24)46(2)53(4,50)51)21-41-34-30(37(38,39)40)22-42-36(45-34)44-31-14-9-26(20-33(31)52-3)35(49)43-28-10-12-29(13-11-28)48-17-15-47(16-18-48)23-25-6-7-25/h5,8-9,14,19-20,22,25,28-29H,6-7,10-13,15-18,21,23H2,1-4H3,(H,43,49)(H2,41,42,44,45)/t28-,29-. The third-order valence-electron chi connectivity index (χ3n) is 10.5. The van der Waals surface area contributed by atoms with Crippen molar-refractivity contribution in [3.63, 3.8) is 0 Å². The molecule has 1 aromatic heterocycles. The highest BCUT2D eigenvalue weighted by atomic mass is 32.2. The van der Waals surface area contributed by atoms with E-state index in [1.54, 1.807) is 43.3 Å². The van der Waals surface area contributed by atoms with E-state index in [2.05, 4.69) is 35.7 Å². The lowest BCUT2D eigenvalue weighted by Crippen LogP contribution is -2.52. The number of hydrogen-bond acceptors (Lipinski definition) is 10. The van der Waals surface area contributed by atoms with Crippen molar-refractivity contribution in [1.29, 1.82) is 0 Å². The Balaban J connectivity index is 1.08. The van der Waals surface area contributed by atoms with E-state index in [0.717, 1.165) is 73.9 Å². The average Bonchev–Trinajstić information content (AvgIpc) is 3.95. The molecule has 6 rings (SSSR count). The Labute approximate surface area is 309 Å². The maximum absolute atomic E-state index is 14.0. The molecule has 2 aliphatic carbocycles. The van der Waals surface area contributed by atoms with Crippen molar-refractivity contribution in [2.45, 2.75) is 70.3 Å². The minimum atomic E-state index is -4.77. The lowest BCUT2D eigenvalue weighted by molar-refractivity contribution is -0.137. The molecule has 0 radical (unpaired) electrons. The van der Waals surface area contributed by atoms with Gasteiger partial charge in [0.15, 0.2) is 0 Å². The van der Waals surface area contributed by atoms with Gasteiger partial charge >= 0.3 is 6.18 Å². The number of piperazine rings is 1. The van der Waals surface area contributed by atoms with Crippen LogP contribution in [0, 0.1) is 12.8 Å². The summed E-state index contributed by atoms with van der Waals surface area (Å²) < 4.78 is 73.2. The minimum absolute atomic E-state index is 0.0768. The number of carbonyl (C=O) groups excluding carboxylic acids is 1. The highest BCUT2D eigenvalue weighted by Gasteiger charge is 2.36. The summed E-state index contributed by atoms with van der Waals surface area (Å²) in [5.41, 5.74) is 1.22. The van der Waals surface area contributed by atoms with Gasteiger partial charge in [0.1, 0.15) is 17.1 Å². The van der Waals surface area contributed by atoms with Crippen LogP contribution < -0.4 is 25.0 Å². The molecule has 3 N–H and O–H groups in total. The van der Waals surface area contributed by atoms with E-state index >= 15 is 0 Å². The average molecular weight is 759 g/mol. The van der Waals surface area contributed by atoms with Crippen LogP contribution in [0.25, 0.3) is 0 Å². The minimum Gasteiger partial charge on any atom is -0.495 e. The summed E-state index contributed by atoms with van der Waals surface area (Å²) >= 11 is 0. The largest absolute Gasteiger partial charge is 0.495 e. The zero-order valence-corrected chi connectivity index (χ0v) is 31.5. The van der Waals surface area contributed by atoms with Gasteiger partial charge in [0.25, 0.3) is 5.91 Å². The van der Waals surface area contributed by atoms with E-state index in [1.165, 1.54) is 33.5 Å². The van der Waals surface area contributed by atoms with Gasteiger partial charge in [-0.25, -0.2) is 13.4 Å². The number of benzene rings is 2. The number of alkyl halides is 3. The van der Waals surface area contributed by atoms with E-state index in [9.17, 15) is 26.4 Å². The van der Waals surface area contributed by atoms with Crippen molar-refractivity contribution < 1.29 is 31.1 Å². The van der Waals surface area contributed by atoms with Crippen molar-refractivity contribution in [2.75, 3.05) is 68.1 Å². The van der Waals surface area contributed by atoms with Crippen molar-refractivity contribution in [3.8, 4) is 5.75 Å². The molecule has 2 heterocycles. The van der Waals surface area contributed by atoms with Crippen LogP contribution in [0.4, 0.5) is 36.3 Å². The maximum atomic E-state index is 14.0. The third-order valence-corrected chi connectivity index (χ3v) is 11.7. The molecule has 2 aromatic carbocycles. The highest BCUT2D eigenvalue weighted by molar-refractivity contribution is 7.92. The summed E-state index contributed by atoms with van der Waals surface area (Å²) in [5.74, 6) is 0.344. The highest BCUT2D eigenvalue weighted by Crippen LogP contribution is 2.36. The molecule has 53 heavy (non-hydrogen) atoms. The zero-order valence-electron chi connectivity index (χ0n) is 30.7. The van der Waals surface area contributed by atoms with Crippen LogP contribution >= 0.6 is 0 Å². The van der Waals surface area contributed by atoms with Crippen molar-refractivity contribution in [2.24, 2.45) is 5.92 Å². The fourth-order valence-corrected chi connectivity index (χ4v) is 7.67. The molecule has 1 aliphatic heterocycles. The number of aryl methyl sites for hydroxylation is 1. The maximum Gasteiger partial charge on any atom is 0.421 e. The number of sulfonamides is 1. The number of nitrogens with one attached hydrogen (secondary N) is 3. The van der Waals surface area contributed by atoms with E-state index in [4.69, 9.17) is 4.74 Å². The summed E-state index contributed by atoms with van der Waals surface area (Å²) in [5, 5.41) is 8.82. The topological polar surface area (TPSA) is 132 Å². The number of halogens is 3. The summed E-state index contributed by atoms with van der Waals surface area (Å²) in [6.07, 6.45) is 3.65. The molecular weight excluding hydrogens is 710 g/mol. The van der Waals surface area contributed by atoms with Gasteiger partial charge in [0.05, 0.1) is 24.7 Å². The molecule has 1 amide bonds. The van der Waals surface area contributed by atoms with Gasteiger partial charge in [-0.05, 0) is 86.8 Å². The third kappa shape index (κ3) is 9.89. The number of anilines is 4. The van der Waals surface area contributed by atoms with Crippen LogP contribution in [0.1, 0.15) is 65.6 Å². The first kappa shape index (κ1) is 38.6. The first-order valence-electron chi connectivity index (χ1n) is 18.1. The van der Waals surface area contributed by atoms with Crippen LogP contribution in [-0.2, 0) is 22.7 Å². The van der Waals surface area contributed by atoms with Crippen molar-refractivity contribution >= 4 is 39.1 Å². The lowest BCUT2D eigenvalue weighted by Gasteiger charge is -2.42. The Morgan fingerprint density at radius 1 is 1.02 bits per heavy atom. The predicted octanol–water partition coefficient (Wildman–Crippen LogP) is 5.63. The molecule has 288 valence electrons. The number of hydrogen-bond donors (Lipinski definition) is 3. The second kappa shape index (κ2) is 16.1. The van der Waals surface area contributed by atoms with Crippen LogP contribution in [0.5, 0.6) is 5.75 Å². The van der Waals surface area contributed by atoms with Crippen LogP contribution in [0.3, 0.4) is 0 Å². The number of carbonyl (C=O) groups is 1. The van der Waals surface area contributed by atoms with Gasteiger partial charge in [-0.15, -0.1) is 0 Å². The molecule has 3 aromatic rings. The number of nitrogens with zero attached hydrogens (tertiary/aromatic N) is 5. The fraction of sp³-hybridized carbons (Fsp3) is 0.541. The normalized spacial score (nSPS) is 20.1. The van der Waals surface area contributed by atoms with Crippen LogP contribution in [0.15, 0.2) is 42.6 Å². The summed E-state index contributed by atoms with van der Waals surface area (Å²) in [4.78, 5) is 26.6. The second-order valence-electron chi connectivity index (χ2n) is 14.5. The Bertz CT molecular complexity index is 1880. The molecule has 0 atom stereocenters. The molecule has 12 nitrogen and oxygen atoms in total. The van der Waals surface area contributed by atoms with Gasteiger partial charge in [-0.3, -0.25) is 14.0 Å². The number of amides is 1. The molecule has 16 heteroatoms. The van der Waals surface area contributed by atoms with Crippen molar-refractivity contribution in [3.05, 3.63) is 64.8 Å². The first-order valence-corrected chi connectivity index (χ1v) is 20.0. The van der Waals surface area contributed by atoms with Gasteiger partial charge in [0.2, 0.25) is 16.0 Å². The summed E-state index contributed by atoms with van der Waals surface area (Å²) in [7, 11) is -0.817. The van der Waals surface area contributed by atoms with E-state index in [1.807, 2.05) is 0 Å². The quantitative estimate of drug-likeness (QED) is 0.202. The molecule has 1 saturated heterocycles. The van der Waals surface area contributed by atoms with Gasteiger partial charge in [0, 0.05) is 70.2 Å². The van der Waals surface area contributed by atoms with E-state index < -0.39 is 27.6 Å². The monoisotopic (exact) mass is 758 g/mol. The lowest BCUT2D eigenvalue weighted by atomic mass is 9.89. The Kier molecular flexibility index (Phi) is 11.7. The van der Waals surface area contributed by atoms with E-state index in [-0.39, 0.29) is 30.2 Å². The second-order valence-corrected chi connectivity index (χ2v) is 16.5. The molecule has 0 spiro atoms. The first-order chi connectivity index (χ1) is 25.2. The summed E-state index contributed by atoms with van der Waals surface area (Å²) in [6.45, 7) is 7.41. The summed E-state index contributed by atoms with van der Waals surface area (Å²) in [6, 6.07) is 10.5. The van der Waals surface area contributed by atoms with Gasteiger partial charge in [-0.1, -0.05) is 12.1 Å². The number of rotatable bonds is 13. The molecule has 0 bridgehead atoms. The Morgan fingerprint density at radius 2 is 1.74 bits per heavy atom. The number of ether oxygens (including phenoxy) is 1. The van der Waals surface area contributed by atoms with Gasteiger partial charge < -0.3 is 25.6 Å². The molecule has 2 saturated carbocycles.